The fourth-order valence-corrected chi connectivity index (χ4v) is 4.05. The number of amidine groups is 1. The van der Waals surface area contributed by atoms with Crippen LogP contribution in [0.15, 0.2) is 62.8 Å². The average molecular weight is 495 g/mol. The predicted octanol–water partition coefficient (Wildman–Crippen LogP) is 6.71. The largest absolute Gasteiger partial charge is 0.457 e. The SMILES string of the molecule is O=C1NC(=Nc2cccc(Cl)c2Cl)S/C1=C\c1ccc(-c2cc([N+](=O)[O-])ccc2Cl)o1. The van der Waals surface area contributed by atoms with Crippen LogP contribution in [-0.4, -0.2) is 16.0 Å². The highest BCUT2D eigenvalue weighted by Crippen LogP contribution is 2.36. The third kappa shape index (κ3) is 4.62. The van der Waals surface area contributed by atoms with Crippen LogP contribution in [0, 0.1) is 10.1 Å². The molecular formula is C20H10Cl3N3O4S. The Morgan fingerprint density at radius 1 is 1.10 bits per heavy atom. The van der Waals surface area contributed by atoms with Gasteiger partial charge in [-0.15, -0.1) is 0 Å². The van der Waals surface area contributed by atoms with E-state index in [1.54, 1.807) is 30.3 Å². The van der Waals surface area contributed by atoms with Crippen LogP contribution in [-0.2, 0) is 4.79 Å². The number of thioether (sulfide) groups is 1. The molecule has 0 unspecified atom stereocenters. The third-order valence-corrected chi connectivity index (χ3v) is 6.18. The summed E-state index contributed by atoms with van der Waals surface area (Å²) in [6.45, 7) is 0. The number of nitrogens with one attached hydrogen (secondary N) is 1. The summed E-state index contributed by atoms with van der Waals surface area (Å²) in [7, 11) is 0. The van der Waals surface area contributed by atoms with Crippen LogP contribution >= 0.6 is 46.6 Å². The molecule has 3 aromatic rings. The molecule has 1 aliphatic heterocycles. The number of carbonyl (C=O) groups excluding carboxylic acids is 1. The molecule has 1 N–H and O–H groups in total. The fraction of sp³-hybridized carbons (Fsp3) is 0. The highest BCUT2D eigenvalue weighted by molar-refractivity contribution is 8.18. The van der Waals surface area contributed by atoms with Crippen LogP contribution in [0.2, 0.25) is 15.1 Å². The lowest BCUT2D eigenvalue weighted by Crippen LogP contribution is -2.19. The van der Waals surface area contributed by atoms with Crippen molar-refractivity contribution in [1.82, 2.24) is 5.32 Å². The van der Waals surface area contributed by atoms with Gasteiger partial charge in [-0.3, -0.25) is 14.9 Å². The summed E-state index contributed by atoms with van der Waals surface area (Å²) in [6, 6.07) is 12.3. The first-order valence-electron chi connectivity index (χ1n) is 8.59. The van der Waals surface area contributed by atoms with Gasteiger partial charge in [-0.05, 0) is 42.1 Å². The lowest BCUT2D eigenvalue weighted by Gasteiger charge is -2.01. The monoisotopic (exact) mass is 493 g/mol. The smallest absolute Gasteiger partial charge is 0.270 e. The zero-order valence-electron chi connectivity index (χ0n) is 15.3. The molecule has 0 aliphatic carbocycles. The minimum Gasteiger partial charge on any atom is -0.457 e. The van der Waals surface area contributed by atoms with Crippen LogP contribution in [0.25, 0.3) is 17.4 Å². The summed E-state index contributed by atoms with van der Waals surface area (Å²) in [5, 5.41) is 15.0. The van der Waals surface area contributed by atoms with Gasteiger partial charge in [-0.25, -0.2) is 4.99 Å². The number of carbonyl (C=O) groups is 1. The number of amides is 1. The van der Waals surface area contributed by atoms with Gasteiger partial charge in [0.1, 0.15) is 11.5 Å². The summed E-state index contributed by atoms with van der Waals surface area (Å²) in [6.07, 6.45) is 1.54. The normalized spacial score (nSPS) is 16.2. The molecule has 0 atom stereocenters. The van der Waals surface area contributed by atoms with Gasteiger partial charge in [-0.2, -0.15) is 0 Å². The van der Waals surface area contributed by atoms with Gasteiger partial charge in [0.25, 0.3) is 11.6 Å². The van der Waals surface area contributed by atoms with Crippen molar-refractivity contribution in [2.24, 2.45) is 4.99 Å². The molecule has 0 spiro atoms. The minimum absolute atomic E-state index is 0.109. The Balaban J connectivity index is 1.59. The molecule has 11 heteroatoms. The Morgan fingerprint density at radius 3 is 2.68 bits per heavy atom. The molecule has 1 fully saturated rings. The second-order valence-corrected chi connectivity index (χ2v) is 8.40. The first kappa shape index (κ1) is 21.5. The van der Waals surface area contributed by atoms with E-state index in [4.69, 9.17) is 39.2 Å². The van der Waals surface area contributed by atoms with Crippen LogP contribution in [0.4, 0.5) is 11.4 Å². The van der Waals surface area contributed by atoms with Gasteiger partial charge in [0.2, 0.25) is 0 Å². The quantitative estimate of drug-likeness (QED) is 0.247. The number of nitrogens with zero attached hydrogens (tertiary/aromatic N) is 2. The number of rotatable bonds is 4. The Bertz CT molecular complexity index is 1290. The number of non-ortho nitro benzene ring substituents is 1. The first-order valence-corrected chi connectivity index (χ1v) is 10.5. The van der Waals surface area contributed by atoms with Crippen molar-refractivity contribution in [2.75, 3.05) is 0 Å². The molecule has 1 amide bonds. The van der Waals surface area contributed by atoms with Crippen molar-refractivity contribution >= 4 is 75.1 Å². The Hall–Kier alpha value is -2.78. The second-order valence-electron chi connectivity index (χ2n) is 6.18. The summed E-state index contributed by atoms with van der Waals surface area (Å²) < 4.78 is 5.73. The molecule has 1 saturated heterocycles. The first-order chi connectivity index (χ1) is 14.8. The third-order valence-electron chi connectivity index (χ3n) is 4.13. The van der Waals surface area contributed by atoms with Gasteiger partial charge in [-0.1, -0.05) is 40.9 Å². The topological polar surface area (TPSA) is 97.7 Å². The molecule has 2 aromatic carbocycles. The van der Waals surface area contributed by atoms with Crippen LogP contribution in [0.1, 0.15) is 5.76 Å². The van der Waals surface area contributed by atoms with Crippen molar-refractivity contribution in [3.8, 4) is 11.3 Å². The molecule has 0 radical (unpaired) electrons. The number of benzene rings is 2. The van der Waals surface area contributed by atoms with Crippen LogP contribution in [0.3, 0.4) is 0 Å². The number of nitro groups is 1. The van der Waals surface area contributed by atoms with E-state index in [1.807, 2.05) is 0 Å². The summed E-state index contributed by atoms with van der Waals surface area (Å²) in [4.78, 5) is 27.5. The van der Waals surface area contributed by atoms with Crippen molar-refractivity contribution < 1.29 is 14.1 Å². The Morgan fingerprint density at radius 2 is 1.90 bits per heavy atom. The van der Waals surface area contributed by atoms with Crippen molar-refractivity contribution in [3.63, 3.8) is 0 Å². The Kier molecular flexibility index (Phi) is 6.06. The van der Waals surface area contributed by atoms with E-state index >= 15 is 0 Å². The molecule has 0 saturated carbocycles. The zero-order valence-corrected chi connectivity index (χ0v) is 18.3. The van der Waals surface area contributed by atoms with E-state index in [9.17, 15) is 14.9 Å². The summed E-state index contributed by atoms with van der Waals surface area (Å²) in [5.74, 6) is 0.356. The van der Waals surface area contributed by atoms with Crippen molar-refractivity contribution in [1.29, 1.82) is 0 Å². The van der Waals surface area contributed by atoms with Crippen LogP contribution in [0.5, 0.6) is 0 Å². The maximum Gasteiger partial charge on any atom is 0.270 e. The summed E-state index contributed by atoms with van der Waals surface area (Å²) in [5.41, 5.74) is 0.697. The standard InChI is InChI=1S/C20H10Cl3N3O4S/c21-13-6-4-10(26(28)29)8-12(13)16-7-5-11(30-16)9-17-19(27)25-20(31-17)24-15-3-1-2-14(22)18(15)23/h1-9H,(H,24,25,27)/b17-9-. The summed E-state index contributed by atoms with van der Waals surface area (Å²) >= 11 is 19.4. The lowest BCUT2D eigenvalue weighted by molar-refractivity contribution is -0.384. The number of nitro benzene ring substituents is 1. The lowest BCUT2D eigenvalue weighted by atomic mass is 10.1. The van der Waals surface area contributed by atoms with Crippen molar-refractivity contribution in [3.05, 3.63) is 84.4 Å². The molecule has 2 heterocycles. The number of furan rings is 1. The highest BCUT2D eigenvalue weighted by atomic mass is 35.5. The van der Waals surface area contributed by atoms with Gasteiger partial charge in [0.15, 0.2) is 5.17 Å². The maximum absolute atomic E-state index is 12.3. The number of halogens is 3. The van der Waals surface area contributed by atoms with E-state index in [2.05, 4.69) is 10.3 Å². The number of hydrogen-bond acceptors (Lipinski definition) is 6. The molecule has 31 heavy (non-hydrogen) atoms. The fourth-order valence-electron chi connectivity index (χ4n) is 2.69. The molecule has 1 aliphatic rings. The van der Waals surface area contributed by atoms with E-state index in [0.29, 0.717) is 42.9 Å². The van der Waals surface area contributed by atoms with Gasteiger partial charge >= 0.3 is 0 Å². The Labute approximate surface area is 194 Å². The average Bonchev–Trinajstić information content (AvgIpc) is 3.32. The molecular weight excluding hydrogens is 485 g/mol. The molecule has 1 aromatic heterocycles. The minimum atomic E-state index is -0.516. The van der Waals surface area contributed by atoms with E-state index in [1.165, 1.54) is 24.3 Å². The number of aliphatic imine (C=N–C) groups is 1. The highest BCUT2D eigenvalue weighted by Gasteiger charge is 2.25. The van der Waals surface area contributed by atoms with Gasteiger partial charge < -0.3 is 9.73 Å². The van der Waals surface area contributed by atoms with Crippen molar-refractivity contribution in [2.45, 2.75) is 0 Å². The van der Waals surface area contributed by atoms with E-state index in [0.717, 1.165) is 11.8 Å². The predicted molar refractivity (Wildman–Crippen MR) is 123 cm³/mol. The maximum atomic E-state index is 12.3. The molecule has 0 bridgehead atoms. The van der Waals surface area contributed by atoms with Gasteiger partial charge in [0.05, 0.1) is 30.6 Å². The molecule has 156 valence electrons. The van der Waals surface area contributed by atoms with Gasteiger partial charge in [0, 0.05) is 23.8 Å². The number of hydrogen-bond donors (Lipinski definition) is 1. The zero-order chi connectivity index (χ0) is 22.1. The molecule has 4 rings (SSSR count). The van der Waals surface area contributed by atoms with E-state index in [-0.39, 0.29) is 16.6 Å². The van der Waals surface area contributed by atoms with E-state index < -0.39 is 4.92 Å². The second kappa shape index (κ2) is 8.76. The van der Waals surface area contributed by atoms with Crippen LogP contribution < -0.4 is 5.32 Å². The molecule has 7 nitrogen and oxygen atoms in total.